The molecule has 0 aromatic heterocycles. The maximum Gasteiger partial charge on any atom is 0.434 e. The van der Waals surface area contributed by atoms with E-state index in [1.165, 1.54) is 0 Å². The lowest BCUT2D eigenvalue weighted by Crippen LogP contribution is -2.64. The van der Waals surface area contributed by atoms with Crippen LogP contribution < -0.4 is 0 Å². The van der Waals surface area contributed by atoms with E-state index < -0.39 is 36.5 Å². The van der Waals surface area contributed by atoms with E-state index >= 15 is 0 Å². The molecule has 0 aromatic rings. The maximum absolute atomic E-state index is 12.7. The number of aliphatic hydroxyl groups is 1. The Morgan fingerprint density at radius 3 is 1.11 bits per heavy atom. The molecule has 0 radical (unpaired) electrons. The van der Waals surface area contributed by atoms with Crippen LogP contribution >= 0.6 is 0 Å². The van der Waals surface area contributed by atoms with Crippen LogP contribution in [0.1, 0.15) is 0 Å². The third-order valence-electron chi connectivity index (χ3n) is 1.82. The van der Waals surface area contributed by atoms with E-state index in [0.717, 1.165) is 0 Å². The number of hydrogen-bond donors (Lipinski definition) is 1. The van der Waals surface area contributed by atoms with Gasteiger partial charge in [0.15, 0.2) is 12.3 Å². The highest BCUT2D eigenvalue weighted by Crippen LogP contribution is 2.51. The summed E-state index contributed by atoms with van der Waals surface area (Å²) in [7, 11) is 0. The molecule has 0 saturated carbocycles. The quantitative estimate of drug-likeness (QED) is 0.777. The van der Waals surface area contributed by atoms with Gasteiger partial charge in [0.05, 0.1) is 0 Å². The normalized spacial score (nSPS) is 18.7. The minimum Gasteiger partial charge on any atom is -0.381 e. The molecule has 1 N–H and O–H groups in total. The van der Waals surface area contributed by atoms with Gasteiger partial charge >= 0.3 is 24.2 Å². The third-order valence-corrected chi connectivity index (χ3v) is 1.82. The lowest BCUT2D eigenvalue weighted by Gasteiger charge is -2.34. The standard InChI is InChI=1S/C6H3F11O/c7-1(2(18)4(9,10)11)3(8,5(12,13)14)6(15,16)17/h1-2,18H/t1-,2-/m1/s1. The molecule has 0 rings (SSSR count). The van der Waals surface area contributed by atoms with Crippen LogP contribution in [0.25, 0.3) is 0 Å². The van der Waals surface area contributed by atoms with Gasteiger partial charge in [-0.15, -0.1) is 0 Å². The van der Waals surface area contributed by atoms with Crippen LogP contribution in [0.15, 0.2) is 0 Å². The Bertz CT molecular complexity index is 271. The summed E-state index contributed by atoms with van der Waals surface area (Å²) < 4.78 is 131. The first-order valence-corrected chi connectivity index (χ1v) is 3.78. The molecule has 0 unspecified atom stereocenters. The Hall–Kier alpha value is -0.810. The van der Waals surface area contributed by atoms with E-state index in [1.807, 2.05) is 0 Å². The predicted octanol–water partition coefficient (Wildman–Crippen LogP) is 3.08. The molecule has 0 bridgehead atoms. The highest BCUT2D eigenvalue weighted by atomic mass is 19.4. The Morgan fingerprint density at radius 2 is 0.944 bits per heavy atom. The predicted molar refractivity (Wildman–Crippen MR) is 32.9 cm³/mol. The molecule has 0 aliphatic rings. The highest BCUT2D eigenvalue weighted by Gasteiger charge is 2.79. The molecule has 0 saturated heterocycles. The summed E-state index contributed by atoms with van der Waals surface area (Å²) in [5.74, 6) is 0. The average molecular weight is 300 g/mol. The molecule has 0 fully saturated rings. The molecule has 1 nitrogen and oxygen atoms in total. The molecule has 0 aromatic carbocycles. The van der Waals surface area contributed by atoms with E-state index in [4.69, 9.17) is 5.11 Å². The van der Waals surface area contributed by atoms with Crippen LogP contribution in [0.4, 0.5) is 48.3 Å². The molecule has 0 aliphatic heterocycles. The second kappa shape index (κ2) is 4.38. The first kappa shape index (κ1) is 17.2. The maximum atomic E-state index is 12.7. The van der Waals surface area contributed by atoms with Crippen LogP contribution in [0.5, 0.6) is 0 Å². The Kier molecular flexibility index (Phi) is 4.19. The Morgan fingerprint density at radius 1 is 0.667 bits per heavy atom. The first-order chi connectivity index (χ1) is 7.57. The van der Waals surface area contributed by atoms with Gasteiger partial charge in [0.2, 0.25) is 0 Å². The van der Waals surface area contributed by atoms with Gasteiger partial charge in [0, 0.05) is 0 Å². The van der Waals surface area contributed by atoms with Gasteiger partial charge in [-0.2, -0.15) is 39.5 Å². The van der Waals surface area contributed by atoms with Crippen molar-refractivity contribution in [2.24, 2.45) is 0 Å². The molecule has 2 atom stereocenters. The van der Waals surface area contributed by atoms with Crippen molar-refractivity contribution in [3.63, 3.8) is 0 Å². The number of rotatable bonds is 2. The van der Waals surface area contributed by atoms with E-state index in [9.17, 15) is 48.3 Å². The fourth-order valence-corrected chi connectivity index (χ4v) is 0.857. The second-order valence-corrected chi connectivity index (χ2v) is 3.10. The van der Waals surface area contributed by atoms with Crippen LogP contribution in [-0.2, 0) is 0 Å². The molecule has 0 heterocycles. The number of aliphatic hydroxyl groups excluding tert-OH is 1. The summed E-state index contributed by atoms with van der Waals surface area (Å²) in [5.41, 5.74) is -6.82. The highest BCUT2D eigenvalue weighted by molar-refractivity contribution is 5.04. The number of alkyl halides is 11. The average Bonchev–Trinajstić information content (AvgIpc) is 2.08. The lowest BCUT2D eigenvalue weighted by atomic mass is 9.94. The van der Waals surface area contributed by atoms with E-state index in [1.54, 1.807) is 0 Å². The molecule has 110 valence electrons. The van der Waals surface area contributed by atoms with E-state index in [-0.39, 0.29) is 0 Å². The van der Waals surface area contributed by atoms with Gasteiger partial charge in [-0.05, 0) is 0 Å². The van der Waals surface area contributed by atoms with Crippen molar-refractivity contribution in [2.45, 2.75) is 36.5 Å². The number of hydrogen-bond acceptors (Lipinski definition) is 1. The fourth-order valence-electron chi connectivity index (χ4n) is 0.857. The SMILES string of the molecule is O[C@H]([C@@H](F)C(F)(C(F)(F)F)C(F)(F)F)C(F)(F)F. The first-order valence-electron chi connectivity index (χ1n) is 3.78. The molecular formula is C6H3F11O. The third kappa shape index (κ3) is 2.78. The Labute approximate surface area is 91.2 Å². The van der Waals surface area contributed by atoms with Crippen molar-refractivity contribution in [3.05, 3.63) is 0 Å². The minimum absolute atomic E-state index is 4.77. The molecule has 0 aliphatic carbocycles. The molecule has 12 heteroatoms. The van der Waals surface area contributed by atoms with Crippen molar-refractivity contribution >= 4 is 0 Å². The zero-order valence-electron chi connectivity index (χ0n) is 7.76. The summed E-state index contributed by atoms with van der Waals surface area (Å²) in [6, 6.07) is 0. The van der Waals surface area contributed by atoms with Crippen molar-refractivity contribution in [2.75, 3.05) is 0 Å². The van der Waals surface area contributed by atoms with Crippen molar-refractivity contribution in [1.82, 2.24) is 0 Å². The van der Waals surface area contributed by atoms with Crippen molar-refractivity contribution < 1.29 is 53.4 Å². The van der Waals surface area contributed by atoms with Gasteiger partial charge in [-0.25, -0.2) is 8.78 Å². The van der Waals surface area contributed by atoms with Gasteiger partial charge in [-0.3, -0.25) is 0 Å². The zero-order valence-corrected chi connectivity index (χ0v) is 7.76. The largest absolute Gasteiger partial charge is 0.434 e. The smallest absolute Gasteiger partial charge is 0.381 e. The molecule has 0 amide bonds. The summed E-state index contributed by atoms with van der Waals surface area (Å²) >= 11 is 0. The molecular weight excluding hydrogens is 297 g/mol. The molecule has 0 spiro atoms. The van der Waals surface area contributed by atoms with Crippen molar-refractivity contribution in [3.8, 4) is 0 Å². The van der Waals surface area contributed by atoms with Gasteiger partial charge < -0.3 is 5.11 Å². The second-order valence-electron chi connectivity index (χ2n) is 3.10. The van der Waals surface area contributed by atoms with Gasteiger partial charge in [-0.1, -0.05) is 0 Å². The lowest BCUT2D eigenvalue weighted by molar-refractivity contribution is -0.374. The molecule has 18 heavy (non-hydrogen) atoms. The van der Waals surface area contributed by atoms with Crippen LogP contribution in [-0.4, -0.2) is 41.6 Å². The minimum atomic E-state index is -7.02. The number of halogens is 11. The van der Waals surface area contributed by atoms with E-state index in [2.05, 4.69) is 0 Å². The van der Waals surface area contributed by atoms with Gasteiger partial charge in [0.25, 0.3) is 0 Å². The van der Waals surface area contributed by atoms with Gasteiger partial charge in [0.1, 0.15) is 0 Å². The van der Waals surface area contributed by atoms with Crippen LogP contribution in [0.2, 0.25) is 0 Å². The topological polar surface area (TPSA) is 20.2 Å². The summed E-state index contributed by atoms with van der Waals surface area (Å²) in [6.07, 6.45) is -30.3. The van der Waals surface area contributed by atoms with Crippen LogP contribution in [0, 0.1) is 0 Å². The van der Waals surface area contributed by atoms with E-state index in [0.29, 0.717) is 0 Å². The summed E-state index contributed by atoms with van der Waals surface area (Å²) in [6.45, 7) is 0. The van der Waals surface area contributed by atoms with Crippen molar-refractivity contribution in [1.29, 1.82) is 0 Å². The summed E-state index contributed by atoms with van der Waals surface area (Å²) in [4.78, 5) is 0. The Balaban J connectivity index is 5.66. The summed E-state index contributed by atoms with van der Waals surface area (Å²) in [5, 5.41) is 7.98. The fraction of sp³-hybridized carbons (Fsp3) is 1.00. The van der Waals surface area contributed by atoms with Crippen LogP contribution in [0.3, 0.4) is 0 Å². The monoisotopic (exact) mass is 300 g/mol. The zero-order chi connectivity index (χ0) is 15.2.